The van der Waals surface area contributed by atoms with Crippen LogP contribution in [0, 0.1) is 0 Å². The standard InChI is InChI=1S/C27H29ClN8O3S/c28-22-7-6-20(40(37,38)36-14-16-39-17-15-36)18-24(22)32-26-21-4-1-2-5-23(21)31-25(33-26)19-34-10-12-35(13-11-34)27-29-8-3-9-30-27/h1-9,18H,10-17,19H2,(H,31,32,33). The molecule has 0 bridgehead atoms. The summed E-state index contributed by atoms with van der Waals surface area (Å²) in [6, 6.07) is 14.2. The Balaban J connectivity index is 1.24. The van der Waals surface area contributed by atoms with Crippen LogP contribution in [0.25, 0.3) is 10.9 Å². The molecule has 40 heavy (non-hydrogen) atoms. The van der Waals surface area contributed by atoms with Crippen molar-refractivity contribution in [2.45, 2.75) is 11.4 Å². The Bertz CT molecular complexity index is 1590. The third kappa shape index (κ3) is 5.72. The SMILES string of the molecule is O=S(=O)(c1ccc(Cl)c(Nc2nc(CN3CCN(c4ncccn4)CC3)nc3ccccc23)c1)N1CCOCC1. The highest BCUT2D eigenvalue weighted by Gasteiger charge is 2.27. The lowest BCUT2D eigenvalue weighted by Gasteiger charge is -2.34. The van der Waals surface area contributed by atoms with Gasteiger partial charge in [-0.3, -0.25) is 4.90 Å². The average molecular weight is 581 g/mol. The Morgan fingerprint density at radius 2 is 1.65 bits per heavy atom. The number of anilines is 3. The van der Waals surface area contributed by atoms with Gasteiger partial charge >= 0.3 is 0 Å². The Labute approximate surface area is 237 Å². The number of rotatable bonds is 7. The normalized spacial score (nSPS) is 17.3. The van der Waals surface area contributed by atoms with Gasteiger partial charge in [0.05, 0.1) is 40.9 Å². The van der Waals surface area contributed by atoms with E-state index in [0.29, 0.717) is 55.2 Å². The minimum absolute atomic E-state index is 0.167. The number of aromatic nitrogens is 4. The van der Waals surface area contributed by atoms with Crippen LogP contribution in [0.1, 0.15) is 5.82 Å². The summed E-state index contributed by atoms with van der Waals surface area (Å²) in [4.78, 5) is 23.0. The first-order chi connectivity index (χ1) is 19.5. The van der Waals surface area contributed by atoms with E-state index in [2.05, 4.69) is 25.1 Å². The van der Waals surface area contributed by atoms with E-state index in [1.165, 1.54) is 10.4 Å². The Morgan fingerprint density at radius 1 is 0.900 bits per heavy atom. The van der Waals surface area contributed by atoms with Gasteiger partial charge in [-0.15, -0.1) is 0 Å². The van der Waals surface area contributed by atoms with Crippen molar-refractivity contribution in [2.24, 2.45) is 0 Å². The second kappa shape index (κ2) is 11.6. The highest BCUT2D eigenvalue weighted by Crippen LogP contribution is 2.32. The quantitative estimate of drug-likeness (QED) is 0.349. The molecule has 13 heteroatoms. The summed E-state index contributed by atoms with van der Waals surface area (Å²) in [6.45, 7) is 5.23. The van der Waals surface area contributed by atoms with Gasteiger partial charge in [-0.2, -0.15) is 4.31 Å². The number of morpholine rings is 1. The van der Waals surface area contributed by atoms with Crippen molar-refractivity contribution in [3.8, 4) is 0 Å². The van der Waals surface area contributed by atoms with Crippen molar-refractivity contribution in [3.05, 3.63) is 71.8 Å². The van der Waals surface area contributed by atoms with E-state index < -0.39 is 10.0 Å². The number of fused-ring (bicyclic) bond motifs is 1. The van der Waals surface area contributed by atoms with Crippen LogP contribution in [0.3, 0.4) is 0 Å². The van der Waals surface area contributed by atoms with Crippen LogP contribution >= 0.6 is 11.6 Å². The van der Waals surface area contributed by atoms with Gasteiger partial charge in [0.1, 0.15) is 11.6 Å². The minimum Gasteiger partial charge on any atom is -0.379 e. The molecule has 2 aliphatic heterocycles. The predicted octanol–water partition coefficient (Wildman–Crippen LogP) is 3.16. The van der Waals surface area contributed by atoms with E-state index >= 15 is 0 Å². The van der Waals surface area contributed by atoms with Crippen molar-refractivity contribution in [1.82, 2.24) is 29.1 Å². The summed E-state index contributed by atoms with van der Waals surface area (Å²) in [6.07, 6.45) is 3.51. The van der Waals surface area contributed by atoms with Crippen molar-refractivity contribution in [2.75, 3.05) is 62.7 Å². The van der Waals surface area contributed by atoms with Gasteiger partial charge in [-0.05, 0) is 36.4 Å². The largest absolute Gasteiger partial charge is 0.379 e. The molecule has 4 aromatic rings. The lowest BCUT2D eigenvalue weighted by molar-refractivity contribution is 0.0730. The molecule has 2 aromatic carbocycles. The number of ether oxygens (including phenoxy) is 1. The highest BCUT2D eigenvalue weighted by atomic mass is 35.5. The fraction of sp³-hybridized carbons (Fsp3) is 0.333. The third-order valence-corrected chi connectivity index (χ3v) is 9.24. The molecule has 208 valence electrons. The minimum atomic E-state index is -3.69. The monoisotopic (exact) mass is 580 g/mol. The first-order valence-electron chi connectivity index (χ1n) is 13.1. The van der Waals surface area contributed by atoms with Gasteiger partial charge in [0.15, 0.2) is 0 Å². The molecule has 0 atom stereocenters. The number of hydrogen-bond acceptors (Lipinski definition) is 10. The van der Waals surface area contributed by atoms with E-state index in [4.69, 9.17) is 26.3 Å². The topological polar surface area (TPSA) is 117 Å². The number of halogens is 1. The summed E-state index contributed by atoms with van der Waals surface area (Å²) in [5.74, 6) is 1.98. The number of nitrogens with zero attached hydrogens (tertiary/aromatic N) is 7. The Kier molecular flexibility index (Phi) is 7.76. The molecule has 2 aromatic heterocycles. The average Bonchev–Trinajstić information content (AvgIpc) is 2.99. The van der Waals surface area contributed by atoms with Crippen molar-refractivity contribution >= 4 is 50.0 Å². The zero-order chi connectivity index (χ0) is 27.5. The van der Waals surface area contributed by atoms with Crippen molar-refractivity contribution < 1.29 is 13.2 Å². The molecule has 0 saturated carbocycles. The highest BCUT2D eigenvalue weighted by molar-refractivity contribution is 7.89. The Hall–Kier alpha value is -3.42. The number of nitrogens with one attached hydrogen (secondary N) is 1. The van der Waals surface area contributed by atoms with E-state index in [9.17, 15) is 8.42 Å². The molecule has 1 N–H and O–H groups in total. The first-order valence-corrected chi connectivity index (χ1v) is 14.9. The molecule has 2 aliphatic rings. The second-order valence-electron chi connectivity index (χ2n) is 9.60. The van der Waals surface area contributed by atoms with Gasteiger partial charge in [0, 0.05) is 57.0 Å². The maximum Gasteiger partial charge on any atom is 0.243 e. The lowest BCUT2D eigenvalue weighted by atomic mass is 10.2. The zero-order valence-corrected chi connectivity index (χ0v) is 23.4. The van der Waals surface area contributed by atoms with Crippen LogP contribution < -0.4 is 10.2 Å². The third-order valence-electron chi connectivity index (χ3n) is 7.02. The maximum atomic E-state index is 13.3. The maximum absolute atomic E-state index is 13.3. The molecule has 11 nitrogen and oxygen atoms in total. The van der Waals surface area contributed by atoms with E-state index in [1.807, 2.05) is 30.3 Å². The van der Waals surface area contributed by atoms with E-state index in [0.717, 1.165) is 43.0 Å². The molecule has 4 heterocycles. The molecule has 0 spiro atoms. The van der Waals surface area contributed by atoms with Crippen LogP contribution in [0.15, 0.2) is 65.8 Å². The van der Waals surface area contributed by atoms with Crippen molar-refractivity contribution in [1.29, 1.82) is 0 Å². The summed E-state index contributed by atoms with van der Waals surface area (Å²) >= 11 is 6.54. The smallest absolute Gasteiger partial charge is 0.243 e. The number of sulfonamides is 1. The van der Waals surface area contributed by atoms with Gasteiger partial charge in [0.25, 0.3) is 0 Å². The van der Waals surface area contributed by atoms with E-state index in [1.54, 1.807) is 24.5 Å². The molecule has 0 unspecified atom stereocenters. The van der Waals surface area contributed by atoms with E-state index in [-0.39, 0.29) is 4.90 Å². The second-order valence-corrected chi connectivity index (χ2v) is 11.9. The van der Waals surface area contributed by atoms with Crippen LogP contribution in [-0.2, 0) is 21.3 Å². The fourth-order valence-electron chi connectivity index (χ4n) is 4.88. The number of para-hydroxylation sites is 1. The zero-order valence-electron chi connectivity index (χ0n) is 21.8. The summed E-state index contributed by atoms with van der Waals surface area (Å²) in [5.41, 5.74) is 1.25. The Morgan fingerprint density at radius 3 is 2.42 bits per heavy atom. The van der Waals surface area contributed by atoms with Crippen molar-refractivity contribution in [3.63, 3.8) is 0 Å². The molecule has 2 fully saturated rings. The molecular formula is C27H29ClN8O3S. The molecular weight excluding hydrogens is 552 g/mol. The lowest BCUT2D eigenvalue weighted by Crippen LogP contribution is -2.46. The van der Waals surface area contributed by atoms with Gasteiger partial charge in [0.2, 0.25) is 16.0 Å². The molecule has 6 rings (SSSR count). The fourth-order valence-corrected chi connectivity index (χ4v) is 6.47. The first kappa shape index (κ1) is 26.8. The van der Waals surface area contributed by atoms with Crippen LogP contribution in [0.5, 0.6) is 0 Å². The molecule has 2 saturated heterocycles. The number of benzene rings is 2. The van der Waals surface area contributed by atoms with Crippen LogP contribution in [0.4, 0.5) is 17.5 Å². The molecule has 0 radical (unpaired) electrons. The summed E-state index contributed by atoms with van der Waals surface area (Å²) < 4.78 is 33.3. The summed E-state index contributed by atoms with van der Waals surface area (Å²) in [7, 11) is -3.69. The number of piperazine rings is 1. The molecule has 0 amide bonds. The predicted molar refractivity (Wildman–Crippen MR) is 153 cm³/mol. The summed E-state index contributed by atoms with van der Waals surface area (Å²) in [5, 5.41) is 4.51. The number of hydrogen-bond donors (Lipinski definition) is 1. The molecule has 0 aliphatic carbocycles. The van der Waals surface area contributed by atoms with Crippen LogP contribution in [-0.4, -0.2) is 90.0 Å². The van der Waals surface area contributed by atoms with Gasteiger partial charge in [-0.1, -0.05) is 23.7 Å². The van der Waals surface area contributed by atoms with Gasteiger partial charge < -0.3 is 15.0 Å². The van der Waals surface area contributed by atoms with Gasteiger partial charge in [-0.25, -0.2) is 28.4 Å². The van der Waals surface area contributed by atoms with Crippen LogP contribution in [0.2, 0.25) is 5.02 Å².